The molecule has 0 aliphatic carbocycles. The molecule has 3 heteroatoms. The summed E-state index contributed by atoms with van der Waals surface area (Å²) in [5.74, 6) is 0. The van der Waals surface area contributed by atoms with E-state index in [-0.39, 0.29) is 38.4 Å². The summed E-state index contributed by atoms with van der Waals surface area (Å²) in [6.07, 6.45) is 0. The highest BCUT2D eigenvalue weighted by Crippen LogP contribution is 2.48. The Labute approximate surface area is 307 Å². The molecule has 0 aliphatic heterocycles. The van der Waals surface area contributed by atoms with Gasteiger partial charge in [0.15, 0.2) is 0 Å². The summed E-state index contributed by atoms with van der Waals surface area (Å²) in [6.45, 7) is 0. The highest BCUT2D eigenvalue weighted by atomic mass is 16.3. The summed E-state index contributed by atoms with van der Waals surface area (Å²) in [6, 6.07) is 10.2. The maximum Gasteiger partial charge on any atom is 0.143 e. The van der Waals surface area contributed by atoms with Crippen molar-refractivity contribution in [1.82, 2.24) is 4.57 Å². The van der Waals surface area contributed by atoms with E-state index in [2.05, 4.69) is 0 Å². The minimum absolute atomic E-state index is 0.198. The molecule has 0 unspecified atom stereocenters. The second-order valence-corrected chi connectivity index (χ2v) is 11.2. The molecule has 0 amide bonds. The van der Waals surface area contributed by atoms with Crippen molar-refractivity contribution < 1.29 is 27.7 Å². The molecular weight excluding hydrogens is 597 g/mol. The van der Waals surface area contributed by atoms with Gasteiger partial charge in [0, 0.05) is 27.1 Å². The van der Waals surface area contributed by atoms with E-state index >= 15 is 0 Å². The maximum atomic E-state index is 9.84. The minimum atomic E-state index is -0.816. The van der Waals surface area contributed by atoms with Gasteiger partial charge in [0.05, 0.1) is 62.5 Å². The Morgan fingerprint density at radius 2 is 1.14 bits per heavy atom. The number of nitrogens with zero attached hydrogens (tertiary/aromatic N) is 2. The number of benzene rings is 8. The Kier molecular flexibility index (Phi) is 3.49. The van der Waals surface area contributed by atoms with Crippen LogP contribution in [0.1, 0.15) is 23.3 Å². The van der Waals surface area contributed by atoms with Crippen molar-refractivity contribution in [2.75, 3.05) is 4.90 Å². The van der Waals surface area contributed by atoms with E-state index in [0.29, 0.717) is 21.8 Å². The molecule has 0 aliphatic rings. The topological polar surface area (TPSA) is 21.3 Å². The number of fused-ring (bicyclic) bond motifs is 8. The van der Waals surface area contributed by atoms with Crippen molar-refractivity contribution in [3.63, 3.8) is 0 Å². The molecule has 230 valence electrons. The first-order valence-electron chi connectivity index (χ1n) is 23.8. The SMILES string of the molecule is [2H]c1c([2H])c([2H])c(N(c2c([2H])c([2H])c([2H])c([2H])c2-n2c3ccccc3c3ccccc32)c2c([2H])c([2H])c([2H])c3oc4c5c([2H])c([2H])c([2H])c([2H])c5c([2H])c([2H])c4c23)c(-c2ccccc2)c1[2H]. The average molecular weight is 644 g/mol. The number of hydrogen-bond donors (Lipinski definition) is 0. The van der Waals surface area contributed by atoms with E-state index in [1.165, 1.54) is 0 Å². The zero-order valence-electron chi connectivity index (χ0n) is 42.3. The van der Waals surface area contributed by atoms with Gasteiger partial charge < -0.3 is 13.9 Å². The highest BCUT2D eigenvalue weighted by molar-refractivity contribution is 6.20. The number of aromatic nitrogens is 1. The molecule has 10 aromatic rings. The summed E-state index contributed by atoms with van der Waals surface area (Å²) in [4.78, 5) is 1.03. The number of hydrogen-bond acceptors (Lipinski definition) is 2. The summed E-state index contributed by atoms with van der Waals surface area (Å²) < 4.78 is 164. The van der Waals surface area contributed by atoms with Gasteiger partial charge in [-0.3, -0.25) is 0 Å². The second kappa shape index (κ2) is 11.0. The molecule has 0 saturated carbocycles. The summed E-state index contributed by atoms with van der Waals surface area (Å²) >= 11 is 0. The van der Waals surface area contributed by atoms with Crippen LogP contribution in [0.3, 0.4) is 0 Å². The molecule has 0 radical (unpaired) electrons. The van der Waals surface area contributed by atoms with E-state index < -0.39 is 131 Å². The third-order valence-corrected chi connectivity index (χ3v) is 8.58. The molecule has 0 fully saturated rings. The van der Waals surface area contributed by atoms with Crippen LogP contribution >= 0.6 is 0 Å². The molecule has 0 atom stereocenters. The average Bonchev–Trinajstić information content (AvgIpc) is 3.88. The Balaban J connectivity index is 1.54. The van der Waals surface area contributed by atoms with Gasteiger partial charge in [-0.2, -0.15) is 0 Å². The van der Waals surface area contributed by atoms with E-state index in [9.17, 15) is 12.3 Å². The van der Waals surface area contributed by atoms with E-state index in [4.69, 9.17) is 15.4 Å². The summed E-state index contributed by atoms with van der Waals surface area (Å²) in [5.41, 5.74) is -1.72. The van der Waals surface area contributed by atoms with Crippen LogP contribution in [0.5, 0.6) is 0 Å². The third kappa shape index (κ3) is 4.23. The normalized spacial score (nSPS) is 16.5. The van der Waals surface area contributed by atoms with Gasteiger partial charge in [-0.05, 0) is 59.3 Å². The van der Waals surface area contributed by atoms with Crippen LogP contribution in [0.15, 0.2) is 186 Å². The molecule has 0 N–H and O–H groups in total. The number of para-hydroxylation sites is 5. The lowest BCUT2D eigenvalue weighted by Gasteiger charge is -2.30. The van der Waals surface area contributed by atoms with E-state index in [1.54, 1.807) is 71.3 Å². The molecule has 49 heavy (non-hydrogen) atoms. The van der Waals surface area contributed by atoms with Crippen molar-refractivity contribution in [1.29, 1.82) is 0 Å². The van der Waals surface area contributed by atoms with Crippen LogP contribution in [0.4, 0.5) is 17.1 Å². The van der Waals surface area contributed by atoms with Gasteiger partial charge in [0.25, 0.3) is 0 Å². The lowest BCUT2D eigenvalue weighted by atomic mass is 10.00. The molecule has 2 heterocycles. The maximum absolute atomic E-state index is 9.84. The van der Waals surface area contributed by atoms with Crippen LogP contribution < -0.4 is 4.90 Å². The largest absolute Gasteiger partial charge is 0.455 e. The molecule has 3 nitrogen and oxygen atoms in total. The smallest absolute Gasteiger partial charge is 0.143 e. The lowest BCUT2D eigenvalue weighted by Crippen LogP contribution is -2.14. The van der Waals surface area contributed by atoms with Gasteiger partial charge in [0.2, 0.25) is 0 Å². The fourth-order valence-corrected chi connectivity index (χ4v) is 6.53. The van der Waals surface area contributed by atoms with Crippen LogP contribution in [-0.4, -0.2) is 4.57 Å². The predicted molar refractivity (Wildman–Crippen MR) is 206 cm³/mol. The fraction of sp³-hybridized carbons (Fsp3) is 0. The first-order chi connectivity index (χ1) is 31.4. The monoisotopic (exact) mass is 643 g/mol. The molecule has 8 aromatic carbocycles. The zero-order chi connectivity index (χ0) is 47.1. The number of rotatable bonds is 5. The van der Waals surface area contributed by atoms with Gasteiger partial charge in [-0.15, -0.1) is 0 Å². The Hall–Kier alpha value is -6.58. The number of anilines is 3. The Morgan fingerprint density at radius 1 is 0.490 bits per heavy atom. The van der Waals surface area contributed by atoms with Crippen molar-refractivity contribution in [2.24, 2.45) is 0 Å². The van der Waals surface area contributed by atoms with Gasteiger partial charge >= 0.3 is 0 Å². The van der Waals surface area contributed by atoms with E-state index in [1.807, 2.05) is 12.1 Å². The quantitative estimate of drug-likeness (QED) is 0.186. The Morgan fingerprint density at radius 3 is 1.96 bits per heavy atom. The summed E-state index contributed by atoms with van der Waals surface area (Å²) in [5, 5.41) is -0.110. The second-order valence-electron chi connectivity index (χ2n) is 11.2. The number of furan rings is 1. The summed E-state index contributed by atoms with van der Waals surface area (Å²) in [7, 11) is 0. The Bertz CT molecular complexity index is 3760. The standard InChI is InChI=1S/C46H30N2O/c1-2-15-31(16-3-1)33-18-6-9-22-38(33)48(43-27-14-28-44-45(43)37-30-29-32-17-4-5-19-34(32)46(37)49-44)42-26-13-12-25-41(42)47-39-23-10-7-20-35(39)36-21-8-11-24-40(36)47/h1-30H/i4D,5D,6D,9D,12D,13D,14D,17D,18D,19D,22D,25D,26D,27D,28D,29D,30D. The van der Waals surface area contributed by atoms with Crippen LogP contribution in [0.2, 0.25) is 0 Å². The molecule has 10 rings (SSSR count). The van der Waals surface area contributed by atoms with Crippen molar-refractivity contribution >= 4 is 71.6 Å². The van der Waals surface area contributed by atoms with Crippen molar-refractivity contribution in [2.45, 2.75) is 0 Å². The zero-order valence-corrected chi connectivity index (χ0v) is 25.3. The molecule has 0 bridgehead atoms. The van der Waals surface area contributed by atoms with Crippen LogP contribution in [0.25, 0.3) is 71.3 Å². The fourth-order valence-electron chi connectivity index (χ4n) is 6.53. The van der Waals surface area contributed by atoms with Gasteiger partial charge in [-0.1, -0.05) is 133 Å². The van der Waals surface area contributed by atoms with Gasteiger partial charge in [-0.25, -0.2) is 0 Å². The van der Waals surface area contributed by atoms with Crippen molar-refractivity contribution in [3.05, 3.63) is 182 Å². The van der Waals surface area contributed by atoms with Crippen LogP contribution in [0, 0.1) is 0 Å². The van der Waals surface area contributed by atoms with Crippen LogP contribution in [-0.2, 0) is 0 Å². The first kappa shape index (κ1) is 15.5. The third-order valence-electron chi connectivity index (χ3n) is 8.58. The van der Waals surface area contributed by atoms with Crippen molar-refractivity contribution in [3.8, 4) is 16.8 Å². The lowest BCUT2D eigenvalue weighted by molar-refractivity contribution is 0.672. The van der Waals surface area contributed by atoms with E-state index in [0.717, 1.165) is 4.90 Å². The van der Waals surface area contributed by atoms with Gasteiger partial charge in [0.1, 0.15) is 11.2 Å². The molecule has 0 spiro atoms. The molecular formula is C46H30N2O. The predicted octanol–water partition coefficient (Wildman–Crippen LogP) is 13.0. The molecule has 0 saturated heterocycles. The minimum Gasteiger partial charge on any atom is -0.455 e. The molecule has 2 aromatic heterocycles. The first-order valence-corrected chi connectivity index (χ1v) is 15.3. The highest BCUT2D eigenvalue weighted by Gasteiger charge is 2.25.